The monoisotopic (exact) mass is 295 g/mol. The minimum Gasteiger partial charge on any atom is -0.497 e. The molecule has 2 aromatic carbocycles. The van der Waals surface area contributed by atoms with Crippen molar-refractivity contribution in [2.45, 2.75) is 25.8 Å². The van der Waals surface area contributed by atoms with Crippen LogP contribution in [0.2, 0.25) is 0 Å². The van der Waals surface area contributed by atoms with E-state index in [1.807, 2.05) is 24.3 Å². The summed E-state index contributed by atoms with van der Waals surface area (Å²) in [5.41, 5.74) is 11.0. The molecule has 3 N–H and O–H groups in total. The number of anilines is 1. The molecule has 1 aliphatic carbocycles. The molecule has 0 heterocycles. The van der Waals surface area contributed by atoms with Crippen LogP contribution < -0.4 is 15.8 Å². The molecule has 114 valence electrons. The molecule has 0 saturated heterocycles. The van der Waals surface area contributed by atoms with E-state index in [0.717, 1.165) is 23.4 Å². The number of benzene rings is 2. The zero-order valence-corrected chi connectivity index (χ0v) is 12.8. The molecule has 0 aromatic heterocycles. The first-order chi connectivity index (χ1) is 10.7. The van der Waals surface area contributed by atoms with E-state index in [2.05, 4.69) is 28.5 Å². The Hall–Kier alpha value is -2.49. The van der Waals surface area contributed by atoms with Crippen LogP contribution in [0.5, 0.6) is 5.75 Å². The van der Waals surface area contributed by atoms with Crippen molar-refractivity contribution in [2.24, 2.45) is 10.7 Å². The smallest absolute Gasteiger partial charge is 0.193 e. The first-order valence-electron chi connectivity index (χ1n) is 7.56. The Morgan fingerprint density at radius 1 is 1.14 bits per heavy atom. The van der Waals surface area contributed by atoms with Gasteiger partial charge in [0.05, 0.1) is 13.7 Å². The lowest BCUT2D eigenvalue weighted by molar-refractivity contribution is 0.414. The van der Waals surface area contributed by atoms with Crippen LogP contribution in [-0.2, 0) is 19.4 Å². The van der Waals surface area contributed by atoms with E-state index in [9.17, 15) is 0 Å². The lowest BCUT2D eigenvalue weighted by Gasteiger charge is -2.08. The van der Waals surface area contributed by atoms with Crippen molar-refractivity contribution >= 4 is 11.6 Å². The quantitative estimate of drug-likeness (QED) is 0.673. The number of rotatable bonds is 4. The largest absolute Gasteiger partial charge is 0.497 e. The summed E-state index contributed by atoms with van der Waals surface area (Å²) in [7, 11) is 1.66. The van der Waals surface area contributed by atoms with Gasteiger partial charge in [-0.2, -0.15) is 0 Å². The van der Waals surface area contributed by atoms with Gasteiger partial charge in [0.25, 0.3) is 0 Å². The molecule has 22 heavy (non-hydrogen) atoms. The summed E-state index contributed by atoms with van der Waals surface area (Å²) >= 11 is 0. The van der Waals surface area contributed by atoms with Crippen molar-refractivity contribution in [1.29, 1.82) is 0 Å². The van der Waals surface area contributed by atoms with Crippen molar-refractivity contribution in [3.05, 3.63) is 59.2 Å². The third-order valence-corrected chi connectivity index (χ3v) is 3.96. The molecule has 0 bridgehead atoms. The lowest BCUT2D eigenvalue weighted by Crippen LogP contribution is -2.22. The molecule has 4 nitrogen and oxygen atoms in total. The van der Waals surface area contributed by atoms with Crippen LogP contribution in [-0.4, -0.2) is 13.1 Å². The number of aryl methyl sites for hydroxylation is 2. The highest BCUT2D eigenvalue weighted by Gasteiger charge is 2.10. The Bertz CT molecular complexity index is 677. The average molecular weight is 295 g/mol. The van der Waals surface area contributed by atoms with Crippen molar-refractivity contribution in [1.82, 2.24) is 0 Å². The third-order valence-electron chi connectivity index (χ3n) is 3.96. The van der Waals surface area contributed by atoms with E-state index in [-0.39, 0.29) is 0 Å². The maximum Gasteiger partial charge on any atom is 0.193 e. The Morgan fingerprint density at radius 3 is 2.68 bits per heavy atom. The number of ether oxygens (including phenoxy) is 1. The van der Waals surface area contributed by atoms with Gasteiger partial charge >= 0.3 is 0 Å². The predicted molar refractivity (Wildman–Crippen MR) is 90.4 cm³/mol. The van der Waals surface area contributed by atoms with E-state index in [0.29, 0.717) is 12.5 Å². The highest BCUT2D eigenvalue weighted by Crippen LogP contribution is 2.24. The number of methoxy groups -OCH3 is 1. The van der Waals surface area contributed by atoms with Gasteiger partial charge in [-0.3, -0.25) is 0 Å². The summed E-state index contributed by atoms with van der Waals surface area (Å²) in [5.74, 6) is 1.28. The highest BCUT2D eigenvalue weighted by atomic mass is 16.5. The lowest BCUT2D eigenvalue weighted by atomic mass is 10.1. The topological polar surface area (TPSA) is 59.6 Å². The Labute approximate surface area is 131 Å². The summed E-state index contributed by atoms with van der Waals surface area (Å²) in [6.07, 6.45) is 3.60. The number of nitrogens with two attached hydrogens (primary N) is 1. The van der Waals surface area contributed by atoms with Gasteiger partial charge in [-0.1, -0.05) is 18.2 Å². The molecule has 0 spiro atoms. The van der Waals surface area contributed by atoms with E-state index >= 15 is 0 Å². The summed E-state index contributed by atoms with van der Waals surface area (Å²) in [6.45, 7) is 0.549. The van der Waals surface area contributed by atoms with Crippen molar-refractivity contribution in [2.75, 3.05) is 12.4 Å². The second-order valence-corrected chi connectivity index (χ2v) is 5.51. The number of guanidine groups is 1. The van der Waals surface area contributed by atoms with Gasteiger partial charge in [0, 0.05) is 5.69 Å². The summed E-state index contributed by atoms with van der Waals surface area (Å²) < 4.78 is 5.14. The van der Waals surface area contributed by atoms with Gasteiger partial charge in [0.15, 0.2) is 5.96 Å². The Morgan fingerprint density at radius 2 is 1.91 bits per heavy atom. The summed E-state index contributed by atoms with van der Waals surface area (Å²) in [5, 5.41) is 3.17. The van der Waals surface area contributed by atoms with Crippen LogP contribution in [0.15, 0.2) is 47.5 Å². The number of fused-ring (bicyclic) bond motifs is 1. The fourth-order valence-corrected chi connectivity index (χ4v) is 2.74. The molecule has 2 aromatic rings. The van der Waals surface area contributed by atoms with Gasteiger partial charge in [0.1, 0.15) is 5.75 Å². The standard InChI is InChI=1S/C18H21N3O/c1-22-17-9-5-13(6-10-17)12-20-18(19)21-16-8-7-14-3-2-4-15(14)11-16/h5-11H,2-4,12H2,1H3,(H3,19,20,21). The van der Waals surface area contributed by atoms with Crippen molar-refractivity contribution in [3.8, 4) is 5.75 Å². The van der Waals surface area contributed by atoms with E-state index in [1.54, 1.807) is 7.11 Å². The van der Waals surface area contributed by atoms with Crippen LogP contribution in [0.4, 0.5) is 5.69 Å². The minimum atomic E-state index is 0.439. The zero-order valence-electron chi connectivity index (χ0n) is 12.8. The van der Waals surface area contributed by atoms with Crippen molar-refractivity contribution in [3.63, 3.8) is 0 Å². The number of nitrogens with zero attached hydrogens (tertiary/aromatic N) is 1. The zero-order chi connectivity index (χ0) is 15.4. The molecule has 0 saturated carbocycles. The first-order valence-corrected chi connectivity index (χ1v) is 7.56. The molecule has 0 fully saturated rings. The molecule has 0 amide bonds. The molecule has 1 aliphatic rings. The number of nitrogens with one attached hydrogen (secondary N) is 1. The fraction of sp³-hybridized carbons (Fsp3) is 0.278. The molecule has 0 atom stereocenters. The molecule has 0 radical (unpaired) electrons. The minimum absolute atomic E-state index is 0.439. The van der Waals surface area contributed by atoms with Gasteiger partial charge in [0.2, 0.25) is 0 Å². The predicted octanol–water partition coefficient (Wildman–Crippen LogP) is 3.11. The Kier molecular flexibility index (Phi) is 4.28. The summed E-state index contributed by atoms with van der Waals surface area (Å²) in [4.78, 5) is 4.38. The highest BCUT2D eigenvalue weighted by molar-refractivity contribution is 5.92. The fourth-order valence-electron chi connectivity index (χ4n) is 2.74. The maximum absolute atomic E-state index is 5.97. The number of aliphatic imine (C=N–C) groups is 1. The van der Waals surface area contributed by atoms with Crippen LogP contribution in [0.3, 0.4) is 0 Å². The molecular formula is C18H21N3O. The van der Waals surface area contributed by atoms with E-state index in [4.69, 9.17) is 10.5 Å². The molecule has 3 rings (SSSR count). The first kappa shape index (κ1) is 14.4. The second kappa shape index (κ2) is 6.52. The maximum atomic E-state index is 5.97. The molecule has 0 unspecified atom stereocenters. The molecule has 4 heteroatoms. The van der Waals surface area contributed by atoms with Gasteiger partial charge in [-0.15, -0.1) is 0 Å². The van der Waals surface area contributed by atoms with Crippen LogP contribution in [0, 0.1) is 0 Å². The molecule has 0 aliphatic heterocycles. The van der Waals surface area contributed by atoms with Gasteiger partial charge in [-0.05, 0) is 60.2 Å². The summed E-state index contributed by atoms with van der Waals surface area (Å²) in [6, 6.07) is 14.3. The second-order valence-electron chi connectivity index (χ2n) is 5.51. The molecular weight excluding hydrogens is 274 g/mol. The van der Waals surface area contributed by atoms with Crippen molar-refractivity contribution < 1.29 is 4.74 Å². The SMILES string of the molecule is COc1ccc(CN=C(N)Nc2ccc3c(c2)CCC3)cc1. The van der Waals surface area contributed by atoms with E-state index < -0.39 is 0 Å². The number of hydrogen-bond acceptors (Lipinski definition) is 2. The normalized spacial score (nSPS) is 13.8. The Balaban J connectivity index is 1.62. The number of hydrogen-bond donors (Lipinski definition) is 2. The van der Waals surface area contributed by atoms with Crippen LogP contribution in [0.25, 0.3) is 0 Å². The van der Waals surface area contributed by atoms with Crippen LogP contribution >= 0.6 is 0 Å². The average Bonchev–Trinajstić information content (AvgIpc) is 3.01. The third kappa shape index (κ3) is 3.39. The van der Waals surface area contributed by atoms with Gasteiger partial charge in [-0.25, -0.2) is 4.99 Å². The van der Waals surface area contributed by atoms with Gasteiger partial charge < -0.3 is 15.8 Å². The van der Waals surface area contributed by atoms with Crippen LogP contribution in [0.1, 0.15) is 23.1 Å². The van der Waals surface area contributed by atoms with E-state index in [1.165, 1.54) is 24.0 Å².